The van der Waals surface area contributed by atoms with Crippen molar-refractivity contribution in [3.8, 4) is 0 Å². The number of benzene rings is 1. The van der Waals surface area contributed by atoms with Crippen LogP contribution in [0.2, 0.25) is 0 Å². The number of amides is 2. The van der Waals surface area contributed by atoms with E-state index >= 15 is 0 Å². The fourth-order valence-corrected chi connectivity index (χ4v) is 4.70. The van der Waals surface area contributed by atoms with Crippen LogP contribution in [0.15, 0.2) is 53.7 Å². The van der Waals surface area contributed by atoms with Gasteiger partial charge in [0.15, 0.2) is 0 Å². The predicted molar refractivity (Wildman–Crippen MR) is 103 cm³/mol. The summed E-state index contributed by atoms with van der Waals surface area (Å²) in [5.74, 6) is 0. The highest BCUT2D eigenvalue weighted by Crippen LogP contribution is 2.45. The maximum absolute atomic E-state index is 12.8. The topological polar surface area (TPSA) is 65.5 Å². The van der Waals surface area contributed by atoms with Crippen LogP contribution in [-0.4, -0.2) is 39.4 Å². The van der Waals surface area contributed by atoms with Crippen LogP contribution in [0.5, 0.6) is 0 Å². The summed E-state index contributed by atoms with van der Waals surface area (Å²) < 4.78 is 0. The second kappa shape index (κ2) is 6.93. The lowest BCUT2D eigenvalue weighted by atomic mass is 9.81. The second-order valence-electron chi connectivity index (χ2n) is 7.13. The lowest BCUT2D eigenvalue weighted by Crippen LogP contribution is -2.53. The highest BCUT2D eigenvalue weighted by molar-refractivity contribution is 7.98. The Kier molecular flexibility index (Phi) is 4.63. The summed E-state index contributed by atoms with van der Waals surface area (Å²) >= 11 is 1.68. The zero-order valence-electron chi connectivity index (χ0n) is 14.8. The first-order chi connectivity index (χ1) is 12.6. The van der Waals surface area contributed by atoms with E-state index in [1.807, 2.05) is 47.6 Å². The van der Waals surface area contributed by atoms with Gasteiger partial charge in [-0.15, -0.1) is 11.8 Å². The third-order valence-corrected chi connectivity index (χ3v) is 6.28. The average Bonchev–Trinajstić information content (AvgIpc) is 2.95. The third-order valence-electron chi connectivity index (χ3n) is 5.54. The summed E-state index contributed by atoms with van der Waals surface area (Å²) in [6.45, 7) is 0. The van der Waals surface area contributed by atoms with Crippen LogP contribution in [-0.2, 0) is 5.60 Å². The molecule has 2 bridgehead atoms. The van der Waals surface area contributed by atoms with Crippen molar-refractivity contribution < 1.29 is 9.90 Å². The van der Waals surface area contributed by atoms with Crippen molar-refractivity contribution in [2.75, 3.05) is 11.6 Å². The highest BCUT2D eigenvalue weighted by atomic mass is 32.2. The Labute approximate surface area is 157 Å². The molecule has 4 rings (SSSR count). The quantitative estimate of drug-likeness (QED) is 0.807. The van der Waals surface area contributed by atoms with E-state index in [1.54, 1.807) is 24.2 Å². The van der Waals surface area contributed by atoms with Crippen molar-refractivity contribution in [3.63, 3.8) is 0 Å². The maximum Gasteiger partial charge on any atom is 0.322 e. The van der Waals surface area contributed by atoms with Gasteiger partial charge in [0.25, 0.3) is 0 Å². The molecule has 2 aromatic rings. The van der Waals surface area contributed by atoms with Crippen LogP contribution in [0.4, 0.5) is 10.5 Å². The van der Waals surface area contributed by atoms with E-state index in [-0.39, 0.29) is 18.1 Å². The van der Waals surface area contributed by atoms with E-state index in [9.17, 15) is 9.90 Å². The minimum Gasteiger partial charge on any atom is -0.385 e. The number of aliphatic hydroxyl groups is 1. The van der Waals surface area contributed by atoms with Gasteiger partial charge >= 0.3 is 6.03 Å². The summed E-state index contributed by atoms with van der Waals surface area (Å²) in [7, 11) is 0. The molecule has 0 aliphatic carbocycles. The first kappa shape index (κ1) is 17.4. The SMILES string of the molecule is CSc1ccc(NC(=O)N2[C@@H]3CC[C@H]2CC(O)(c2cccnc2)C3)cc1. The van der Waals surface area contributed by atoms with E-state index in [0.717, 1.165) is 24.1 Å². The summed E-state index contributed by atoms with van der Waals surface area (Å²) in [6.07, 6.45) is 8.48. The normalized spacial score (nSPS) is 27.4. The Morgan fingerprint density at radius 3 is 2.50 bits per heavy atom. The number of carbonyl (C=O) groups is 1. The lowest BCUT2D eigenvalue weighted by molar-refractivity contribution is -0.0424. The van der Waals surface area contributed by atoms with E-state index in [4.69, 9.17) is 0 Å². The molecule has 2 saturated heterocycles. The number of carbonyl (C=O) groups excluding carboxylic acids is 1. The Morgan fingerprint density at radius 1 is 1.23 bits per heavy atom. The van der Waals surface area contributed by atoms with E-state index in [2.05, 4.69) is 10.3 Å². The van der Waals surface area contributed by atoms with E-state index < -0.39 is 5.60 Å². The first-order valence-electron chi connectivity index (χ1n) is 8.95. The number of nitrogens with zero attached hydrogens (tertiary/aromatic N) is 2. The Morgan fingerprint density at radius 2 is 1.92 bits per heavy atom. The number of piperidine rings is 1. The van der Waals surface area contributed by atoms with Crippen LogP contribution < -0.4 is 5.32 Å². The number of fused-ring (bicyclic) bond motifs is 2. The van der Waals surface area contributed by atoms with Crippen LogP contribution in [0.3, 0.4) is 0 Å². The molecule has 1 aromatic carbocycles. The van der Waals surface area contributed by atoms with Gasteiger partial charge in [0.2, 0.25) is 0 Å². The molecule has 3 atom stereocenters. The molecule has 2 N–H and O–H groups in total. The number of hydrogen-bond donors (Lipinski definition) is 2. The number of hydrogen-bond acceptors (Lipinski definition) is 4. The monoisotopic (exact) mass is 369 g/mol. The standard InChI is InChI=1S/C20H23N3O2S/c1-26-18-8-4-15(5-9-18)22-19(24)23-16-6-7-17(23)12-20(25,11-16)14-3-2-10-21-13-14/h2-5,8-10,13,16-17,25H,6-7,11-12H2,1H3,(H,22,24)/t16-,17+,20?. The molecule has 2 amide bonds. The highest BCUT2D eigenvalue weighted by Gasteiger charge is 2.50. The summed E-state index contributed by atoms with van der Waals surface area (Å²) in [5, 5.41) is 14.2. The van der Waals surface area contributed by atoms with Crippen LogP contribution in [0, 0.1) is 0 Å². The van der Waals surface area contributed by atoms with Gasteiger partial charge in [-0.3, -0.25) is 4.98 Å². The number of nitrogens with one attached hydrogen (secondary N) is 1. The number of aromatic nitrogens is 1. The molecule has 2 aliphatic heterocycles. The zero-order valence-corrected chi connectivity index (χ0v) is 15.6. The smallest absolute Gasteiger partial charge is 0.322 e. The fraction of sp³-hybridized carbons (Fsp3) is 0.400. The van der Waals surface area contributed by atoms with Gasteiger partial charge in [0.05, 0.1) is 5.60 Å². The van der Waals surface area contributed by atoms with Crippen molar-refractivity contribution in [2.24, 2.45) is 0 Å². The van der Waals surface area contributed by atoms with Gasteiger partial charge in [-0.1, -0.05) is 6.07 Å². The van der Waals surface area contributed by atoms with Gasteiger partial charge in [-0.2, -0.15) is 0 Å². The fourth-order valence-electron chi connectivity index (χ4n) is 4.29. The van der Waals surface area contributed by atoms with E-state index in [0.29, 0.717) is 12.8 Å². The summed E-state index contributed by atoms with van der Waals surface area (Å²) in [6, 6.07) is 11.7. The summed E-state index contributed by atoms with van der Waals surface area (Å²) in [4.78, 5) is 20.1. The molecule has 136 valence electrons. The van der Waals surface area contributed by atoms with Crippen LogP contribution in [0.1, 0.15) is 31.2 Å². The van der Waals surface area contributed by atoms with Gasteiger partial charge in [0, 0.05) is 53.5 Å². The molecule has 5 nitrogen and oxygen atoms in total. The van der Waals surface area contributed by atoms with Gasteiger partial charge in [-0.05, 0) is 49.4 Å². The van der Waals surface area contributed by atoms with Crippen molar-refractivity contribution >= 4 is 23.5 Å². The molecule has 0 radical (unpaired) electrons. The Hall–Kier alpha value is -2.05. The molecule has 1 unspecified atom stereocenters. The molecule has 2 aliphatic rings. The molecule has 2 fully saturated rings. The molecule has 3 heterocycles. The van der Waals surface area contributed by atoms with Gasteiger partial charge in [0.1, 0.15) is 0 Å². The van der Waals surface area contributed by atoms with Crippen molar-refractivity contribution in [3.05, 3.63) is 54.4 Å². The Balaban J connectivity index is 1.48. The molecule has 6 heteroatoms. The minimum atomic E-state index is -0.892. The lowest BCUT2D eigenvalue weighted by Gasteiger charge is -2.43. The molecule has 1 aromatic heterocycles. The number of pyridine rings is 1. The first-order valence-corrected chi connectivity index (χ1v) is 10.2. The van der Waals surface area contributed by atoms with Crippen molar-refractivity contribution in [2.45, 2.75) is 48.3 Å². The molecule has 0 saturated carbocycles. The Bertz CT molecular complexity index is 767. The third kappa shape index (κ3) is 3.19. The van der Waals surface area contributed by atoms with Gasteiger partial charge < -0.3 is 15.3 Å². The molecular formula is C20H23N3O2S. The number of rotatable bonds is 3. The minimum absolute atomic E-state index is 0.0597. The number of thioether (sulfide) groups is 1. The van der Waals surface area contributed by atoms with Crippen molar-refractivity contribution in [1.82, 2.24) is 9.88 Å². The van der Waals surface area contributed by atoms with E-state index in [1.165, 1.54) is 4.90 Å². The molecule has 0 spiro atoms. The van der Waals surface area contributed by atoms with Gasteiger partial charge in [-0.25, -0.2) is 4.79 Å². The second-order valence-corrected chi connectivity index (χ2v) is 8.01. The van der Waals surface area contributed by atoms with Crippen molar-refractivity contribution in [1.29, 1.82) is 0 Å². The maximum atomic E-state index is 12.8. The largest absolute Gasteiger partial charge is 0.385 e. The zero-order chi connectivity index (χ0) is 18.1. The van der Waals surface area contributed by atoms with Crippen LogP contribution >= 0.6 is 11.8 Å². The predicted octanol–water partition coefficient (Wildman–Crippen LogP) is 3.85. The number of urea groups is 1. The number of anilines is 1. The molecule has 26 heavy (non-hydrogen) atoms. The van der Waals surface area contributed by atoms with Crippen LogP contribution in [0.25, 0.3) is 0 Å². The molecular weight excluding hydrogens is 346 g/mol. The summed E-state index contributed by atoms with van der Waals surface area (Å²) in [5.41, 5.74) is 0.765. The average molecular weight is 369 g/mol.